The first kappa shape index (κ1) is 15.3. The van der Waals surface area contributed by atoms with Crippen molar-refractivity contribution in [3.8, 4) is 5.75 Å². The maximum atomic E-state index is 13.9. The Morgan fingerprint density at radius 1 is 1.39 bits per heavy atom. The number of halogens is 1. The number of hydrogen-bond donors (Lipinski definition) is 2. The van der Waals surface area contributed by atoms with Gasteiger partial charge in [0.2, 0.25) is 5.91 Å². The molecule has 1 aromatic carbocycles. The summed E-state index contributed by atoms with van der Waals surface area (Å²) in [7, 11) is 0. The molecule has 1 aromatic heterocycles. The van der Waals surface area contributed by atoms with Crippen LogP contribution < -0.4 is 15.8 Å². The van der Waals surface area contributed by atoms with Crippen LogP contribution in [0.15, 0.2) is 36.5 Å². The summed E-state index contributed by atoms with van der Waals surface area (Å²) in [5.74, 6) is -0.325. The number of carbonyl (C=O) groups is 1. The number of para-hydroxylation sites is 1. The number of anilines is 1. The number of aromatic nitrogens is 1. The molecule has 0 spiro atoms. The zero-order chi connectivity index (χ0) is 16.2. The van der Waals surface area contributed by atoms with Gasteiger partial charge in [-0.3, -0.25) is 9.78 Å². The van der Waals surface area contributed by atoms with Crippen LogP contribution in [-0.4, -0.2) is 17.5 Å². The van der Waals surface area contributed by atoms with Gasteiger partial charge in [-0.2, -0.15) is 0 Å². The number of nitrogens with two attached hydrogens (primary N) is 1. The lowest BCUT2D eigenvalue weighted by atomic mass is 10.0. The van der Waals surface area contributed by atoms with Gasteiger partial charge in [-0.05, 0) is 31.0 Å². The first-order valence-corrected chi connectivity index (χ1v) is 7.54. The van der Waals surface area contributed by atoms with E-state index in [2.05, 4.69) is 10.3 Å². The van der Waals surface area contributed by atoms with E-state index in [0.717, 1.165) is 6.42 Å². The monoisotopic (exact) mass is 315 g/mol. The van der Waals surface area contributed by atoms with Crippen LogP contribution in [0.4, 0.5) is 10.1 Å². The number of hydrogen-bond acceptors (Lipinski definition) is 4. The average Bonchev–Trinajstić information content (AvgIpc) is 2.73. The van der Waals surface area contributed by atoms with Crippen molar-refractivity contribution in [2.45, 2.75) is 25.3 Å². The fourth-order valence-corrected chi connectivity index (χ4v) is 2.67. The summed E-state index contributed by atoms with van der Waals surface area (Å²) in [6.07, 6.45) is 3.13. The second-order valence-corrected chi connectivity index (χ2v) is 5.53. The number of nitrogen functional groups attached to an aromatic ring is 1. The van der Waals surface area contributed by atoms with Crippen molar-refractivity contribution in [1.82, 2.24) is 10.3 Å². The number of nitrogens with one attached hydrogen (secondary N) is 1. The van der Waals surface area contributed by atoms with E-state index in [1.54, 1.807) is 24.3 Å². The predicted molar refractivity (Wildman–Crippen MR) is 84.4 cm³/mol. The summed E-state index contributed by atoms with van der Waals surface area (Å²) < 4.78 is 19.4. The fraction of sp³-hybridized carbons (Fsp3) is 0.294. The summed E-state index contributed by atoms with van der Waals surface area (Å²) >= 11 is 0. The van der Waals surface area contributed by atoms with Crippen LogP contribution in [0.5, 0.6) is 5.75 Å². The van der Waals surface area contributed by atoms with Crippen molar-refractivity contribution in [3.05, 3.63) is 53.6 Å². The van der Waals surface area contributed by atoms with Crippen molar-refractivity contribution in [2.75, 3.05) is 12.3 Å². The normalized spacial score (nSPS) is 16.8. The molecule has 6 heteroatoms. The van der Waals surface area contributed by atoms with Gasteiger partial charge in [0.1, 0.15) is 0 Å². The number of rotatable bonds is 3. The zero-order valence-corrected chi connectivity index (χ0v) is 12.6. The van der Waals surface area contributed by atoms with Gasteiger partial charge in [-0.1, -0.05) is 12.1 Å². The molecule has 0 bridgehead atoms. The lowest BCUT2D eigenvalue weighted by Gasteiger charge is -2.18. The van der Waals surface area contributed by atoms with Crippen molar-refractivity contribution >= 4 is 11.6 Å². The lowest BCUT2D eigenvalue weighted by Crippen LogP contribution is -2.30. The number of carbonyl (C=O) groups excluding carboxylic acids is 1. The quantitative estimate of drug-likeness (QED) is 0.911. The van der Waals surface area contributed by atoms with Crippen LogP contribution in [0.1, 0.15) is 30.1 Å². The van der Waals surface area contributed by atoms with Crippen LogP contribution in [-0.2, 0) is 11.2 Å². The molecule has 1 atom stereocenters. The first-order chi connectivity index (χ1) is 11.1. The molecule has 1 unspecified atom stereocenters. The Hall–Kier alpha value is -2.63. The Balaban J connectivity index is 1.73. The first-order valence-electron chi connectivity index (χ1n) is 7.54. The van der Waals surface area contributed by atoms with Gasteiger partial charge < -0.3 is 15.8 Å². The predicted octanol–water partition coefficient (Wildman–Crippen LogP) is 2.38. The van der Waals surface area contributed by atoms with Crippen molar-refractivity contribution in [1.29, 1.82) is 0 Å². The van der Waals surface area contributed by atoms with Gasteiger partial charge in [0.15, 0.2) is 11.6 Å². The minimum atomic E-state index is -0.399. The smallest absolute Gasteiger partial charge is 0.226 e. The van der Waals surface area contributed by atoms with Gasteiger partial charge in [0, 0.05) is 11.3 Å². The van der Waals surface area contributed by atoms with E-state index in [-0.39, 0.29) is 24.1 Å². The molecule has 0 saturated heterocycles. The highest BCUT2D eigenvalue weighted by atomic mass is 19.1. The summed E-state index contributed by atoms with van der Waals surface area (Å²) in [6, 6.07) is 7.95. The van der Waals surface area contributed by atoms with Gasteiger partial charge in [0.25, 0.3) is 0 Å². The van der Waals surface area contributed by atoms with E-state index in [4.69, 9.17) is 10.5 Å². The van der Waals surface area contributed by atoms with E-state index in [1.165, 1.54) is 12.3 Å². The molecule has 3 N–H and O–H groups in total. The maximum absolute atomic E-state index is 13.9. The maximum Gasteiger partial charge on any atom is 0.226 e. The van der Waals surface area contributed by atoms with E-state index < -0.39 is 5.82 Å². The molecular formula is C17H18FN3O2. The van der Waals surface area contributed by atoms with E-state index in [1.807, 2.05) is 0 Å². The molecule has 1 aliphatic rings. The molecular weight excluding hydrogens is 297 g/mol. The molecule has 2 heterocycles. The lowest BCUT2D eigenvalue weighted by molar-refractivity contribution is -0.121. The van der Waals surface area contributed by atoms with E-state index in [9.17, 15) is 9.18 Å². The Labute approximate surface area is 133 Å². The highest BCUT2D eigenvalue weighted by molar-refractivity contribution is 5.78. The molecule has 5 nitrogen and oxygen atoms in total. The standard InChI is InChI=1S/C17H18FN3O2/c18-14-4-1-3-13-15(5-2-8-23-17(13)14)21-16(22)9-12-7-6-11(19)10-20-12/h1,3-4,6-7,10,15H,2,5,8-9,19H2,(H,21,22). The zero-order valence-electron chi connectivity index (χ0n) is 12.6. The summed E-state index contributed by atoms with van der Waals surface area (Å²) in [6.45, 7) is 0.444. The average molecular weight is 315 g/mol. The van der Waals surface area contributed by atoms with Gasteiger partial charge >= 0.3 is 0 Å². The molecule has 2 aromatic rings. The highest BCUT2D eigenvalue weighted by Gasteiger charge is 2.23. The molecule has 1 amide bonds. The summed E-state index contributed by atoms with van der Waals surface area (Å²) in [5.41, 5.74) is 7.46. The molecule has 3 rings (SSSR count). The van der Waals surface area contributed by atoms with Crippen LogP contribution in [0.2, 0.25) is 0 Å². The SMILES string of the molecule is Nc1ccc(CC(=O)NC2CCCOc3c(F)cccc32)nc1. The molecule has 0 fully saturated rings. The second-order valence-electron chi connectivity index (χ2n) is 5.53. The number of fused-ring (bicyclic) bond motifs is 1. The number of benzene rings is 1. The van der Waals surface area contributed by atoms with Crippen molar-refractivity contribution in [2.24, 2.45) is 0 Å². The largest absolute Gasteiger partial charge is 0.490 e. The molecule has 0 aliphatic carbocycles. The van der Waals surface area contributed by atoms with Crippen LogP contribution >= 0.6 is 0 Å². The highest BCUT2D eigenvalue weighted by Crippen LogP contribution is 2.33. The third-order valence-corrected chi connectivity index (χ3v) is 3.78. The third-order valence-electron chi connectivity index (χ3n) is 3.78. The topological polar surface area (TPSA) is 77.2 Å². The molecule has 1 aliphatic heterocycles. The van der Waals surface area contributed by atoms with Crippen molar-refractivity contribution < 1.29 is 13.9 Å². The Bertz CT molecular complexity index is 703. The Kier molecular flexibility index (Phi) is 4.41. The Morgan fingerprint density at radius 2 is 2.26 bits per heavy atom. The van der Waals surface area contributed by atoms with Crippen LogP contribution in [0.25, 0.3) is 0 Å². The van der Waals surface area contributed by atoms with Crippen molar-refractivity contribution in [3.63, 3.8) is 0 Å². The summed E-state index contributed by atoms with van der Waals surface area (Å²) in [5, 5.41) is 2.95. The fourth-order valence-electron chi connectivity index (χ4n) is 2.67. The third kappa shape index (κ3) is 3.59. The summed E-state index contributed by atoms with van der Waals surface area (Å²) in [4.78, 5) is 16.4. The molecule has 0 radical (unpaired) electrons. The number of nitrogens with zero attached hydrogens (tertiary/aromatic N) is 1. The van der Waals surface area contributed by atoms with E-state index >= 15 is 0 Å². The van der Waals surface area contributed by atoms with Gasteiger partial charge in [0.05, 0.1) is 31.0 Å². The van der Waals surface area contributed by atoms with Crippen LogP contribution in [0, 0.1) is 5.82 Å². The Morgan fingerprint density at radius 3 is 3.04 bits per heavy atom. The van der Waals surface area contributed by atoms with Crippen LogP contribution in [0.3, 0.4) is 0 Å². The van der Waals surface area contributed by atoms with Gasteiger partial charge in [-0.15, -0.1) is 0 Å². The molecule has 23 heavy (non-hydrogen) atoms. The second kappa shape index (κ2) is 6.64. The van der Waals surface area contributed by atoms with E-state index in [0.29, 0.717) is 30.0 Å². The minimum absolute atomic E-state index is 0.155. The van der Waals surface area contributed by atoms with Gasteiger partial charge in [-0.25, -0.2) is 4.39 Å². The minimum Gasteiger partial charge on any atom is -0.490 e. The molecule has 120 valence electrons. The number of ether oxygens (including phenoxy) is 1. The number of amides is 1. The molecule has 0 saturated carbocycles. The number of pyridine rings is 1.